The van der Waals surface area contributed by atoms with E-state index in [2.05, 4.69) is 0 Å². The van der Waals surface area contributed by atoms with Crippen LogP contribution in [0.4, 0.5) is 0 Å². The van der Waals surface area contributed by atoms with Gasteiger partial charge in [0.2, 0.25) is 0 Å². The summed E-state index contributed by atoms with van der Waals surface area (Å²) in [4.78, 5) is 12.4. The Bertz CT molecular complexity index is 308. The van der Waals surface area contributed by atoms with Gasteiger partial charge in [-0.2, -0.15) is 0 Å². The number of hydrogen-bond donors (Lipinski definition) is 1. The Hall–Kier alpha value is -0.380. The summed E-state index contributed by atoms with van der Waals surface area (Å²) < 4.78 is 0.639. The van der Waals surface area contributed by atoms with Gasteiger partial charge in [-0.05, 0) is 19.1 Å². The molecule has 0 aliphatic heterocycles. The summed E-state index contributed by atoms with van der Waals surface area (Å²) in [5, 5.41) is 0. The number of Topliss-reactive ketones (excluding diaryl/α,β-unsaturated/α-hetero) is 1. The van der Waals surface area contributed by atoms with Crippen LogP contribution in [0.3, 0.4) is 0 Å². The van der Waals surface area contributed by atoms with Crippen molar-refractivity contribution in [2.45, 2.75) is 19.9 Å². The van der Waals surface area contributed by atoms with Crippen molar-refractivity contribution in [2.24, 2.45) is 11.7 Å². The Morgan fingerprint density at radius 3 is 2.54 bits per heavy atom. The lowest BCUT2D eigenvalue weighted by molar-refractivity contribution is 0.0921. The molecule has 0 amide bonds. The molecule has 0 bridgehead atoms. The van der Waals surface area contributed by atoms with Crippen LogP contribution >= 0.6 is 22.9 Å². The molecule has 1 aromatic rings. The SMILES string of the molecule is CC(N)C(C)C(=O)c1ccc(Cl)s1. The maximum atomic E-state index is 11.7. The van der Waals surface area contributed by atoms with Crippen molar-refractivity contribution in [3.05, 3.63) is 21.3 Å². The first-order chi connectivity index (χ1) is 6.02. The van der Waals surface area contributed by atoms with Crippen LogP contribution < -0.4 is 5.73 Å². The molecule has 2 unspecified atom stereocenters. The van der Waals surface area contributed by atoms with E-state index in [1.54, 1.807) is 12.1 Å². The zero-order valence-corrected chi connectivity index (χ0v) is 9.15. The first kappa shape index (κ1) is 10.7. The fourth-order valence-corrected chi connectivity index (χ4v) is 1.99. The van der Waals surface area contributed by atoms with Gasteiger partial charge in [0.25, 0.3) is 0 Å². The molecular weight excluding hydrogens is 206 g/mol. The zero-order valence-electron chi connectivity index (χ0n) is 7.58. The highest BCUT2D eigenvalue weighted by molar-refractivity contribution is 7.18. The molecule has 1 aromatic heterocycles. The van der Waals surface area contributed by atoms with Crippen LogP contribution in [0.1, 0.15) is 23.5 Å². The van der Waals surface area contributed by atoms with Crippen molar-refractivity contribution in [1.29, 1.82) is 0 Å². The van der Waals surface area contributed by atoms with E-state index in [0.717, 1.165) is 0 Å². The second-order valence-electron chi connectivity index (χ2n) is 3.12. The van der Waals surface area contributed by atoms with E-state index in [0.29, 0.717) is 9.21 Å². The molecule has 0 aliphatic rings. The predicted molar refractivity (Wildman–Crippen MR) is 56.5 cm³/mol. The number of carbonyl (C=O) groups excluding carboxylic acids is 1. The third-order valence-electron chi connectivity index (χ3n) is 2.02. The molecule has 0 aromatic carbocycles. The number of rotatable bonds is 3. The number of carbonyl (C=O) groups is 1. The number of nitrogens with two attached hydrogens (primary N) is 1. The lowest BCUT2D eigenvalue weighted by Crippen LogP contribution is -2.30. The summed E-state index contributed by atoms with van der Waals surface area (Å²) in [6, 6.07) is 3.36. The van der Waals surface area contributed by atoms with Gasteiger partial charge >= 0.3 is 0 Å². The molecule has 0 aliphatic carbocycles. The van der Waals surface area contributed by atoms with Crippen LogP contribution in [-0.4, -0.2) is 11.8 Å². The first-order valence-electron chi connectivity index (χ1n) is 4.07. The predicted octanol–water partition coefficient (Wildman–Crippen LogP) is 2.57. The van der Waals surface area contributed by atoms with Gasteiger partial charge in [-0.3, -0.25) is 4.79 Å². The van der Waals surface area contributed by atoms with E-state index in [-0.39, 0.29) is 17.7 Å². The van der Waals surface area contributed by atoms with Crippen LogP contribution in [0.15, 0.2) is 12.1 Å². The lowest BCUT2D eigenvalue weighted by Gasteiger charge is -2.12. The van der Waals surface area contributed by atoms with Crippen molar-refractivity contribution < 1.29 is 4.79 Å². The molecule has 2 N–H and O–H groups in total. The summed E-state index contributed by atoms with van der Waals surface area (Å²) in [6.07, 6.45) is 0. The summed E-state index contributed by atoms with van der Waals surface area (Å²) >= 11 is 7.03. The minimum absolute atomic E-state index is 0.0758. The summed E-state index contributed by atoms with van der Waals surface area (Å²) in [7, 11) is 0. The van der Waals surface area contributed by atoms with E-state index in [1.807, 2.05) is 13.8 Å². The van der Waals surface area contributed by atoms with Gasteiger partial charge in [0.05, 0.1) is 9.21 Å². The average molecular weight is 218 g/mol. The van der Waals surface area contributed by atoms with E-state index >= 15 is 0 Å². The molecule has 0 saturated carbocycles. The highest BCUT2D eigenvalue weighted by Gasteiger charge is 2.19. The van der Waals surface area contributed by atoms with Crippen LogP contribution in [0.25, 0.3) is 0 Å². The third kappa shape index (κ3) is 2.53. The Kier molecular flexibility index (Phi) is 3.47. The van der Waals surface area contributed by atoms with E-state index < -0.39 is 0 Å². The Balaban J connectivity index is 2.79. The van der Waals surface area contributed by atoms with Crippen LogP contribution in [0.2, 0.25) is 4.34 Å². The van der Waals surface area contributed by atoms with Crippen molar-refractivity contribution in [1.82, 2.24) is 0 Å². The fourth-order valence-electron chi connectivity index (χ4n) is 0.910. The standard InChI is InChI=1S/C9H12ClNOS/c1-5(6(2)11)9(12)7-3-4-8(10)13-7/h3-6H,11H2,1-2H3. The van der Waals surface area contributed by atoms with Gasteiger partial charge < -0.3 is 5.73 Å². The second kappa shape index (κ2) is 4.22. The molecular formula is C9H12ClNOS. The lowest BCUT2D eigenvalue weighted by atomic mass is 9.98. The molecule has 72 valence electrons. The minimum atomic E-state index is -0.144. The zero-order chi connectivity index (χ0) is 10.0. The molecule has 0 radical (unpaired) electrons. The van der Waals surface area contributed by atoms with Gasteiger partial charge in [0, 0.05) is 12.0 Å². The average Bonchev–Trinajstić information content (AvgIpc) is 2.49. The Labute approximate surface area is 86.7 Å². The third-order valence-corrected chi connectivity index (χ3v) is 3.26. The number of hydrogen-bond acceptors (Lipinski definition) is 3. The topological polar surface area (TPSA) is 43.1 Å². The second-order valence-corrected chi connectivity index (χ2v) is 4.83. The van der Waals surface area contributed by atoms with Crippen LogP contribution in [0.5, 0.6) is 0 Å². The normalized spacial score (nSPS) is 15.4. The molecule has 4 heteroatoms. The van der Waals surface area contributed by atoms with Crippen molar-refractivity contribution in [3.63, 3.8) is 0 Å². The van der Waals surface area contributed by atoms with Gasteiger partial charge in [-0.25, -0.2) is 0 Å². The molecule has 2 atom stereocenters. The first-order valence-corrected chi connectivity index (χ1v) is 5.27. The van der Waals surface area contributed by atoms with Crippen molar-refractivity contribution in [3.8, 4) is 0 Å². The smallest absolute Gasteiger partial charge is 0.177 e. The van der Waals surface area contributed by atoms with Gasteiger partial charge in [0.15, 0.2) is 5.78 Å². The Morgan fingerprint density at radius 1 is 1.54 bits per heavy atom. The monoisotopic (exact) mass is 217 g/mol. The molecule has 0 fully saturated rings. The Morgan fingerprint density at radius 2 is 2.15 bits per heavy atom. The minimum Gasteiger partial charge on any atom is -0.327 e. The summed E-state index contributed by atoms with van der Waals surface area (Å²) in [6.45, 7) is 3.67. The van der Waals surface area contributed by atoms with Crippen molar-refractivity contribution >= 4 is 28.7 Å². The maximum Gasteiger partial charge on any atom is 0.177 e. The fraction of sp³-hybridized carbons (Fsp3) is 0.444. The van der Waals surface area contributed by atoms with Crippen molar-refractivity contribution in [2.75, 3.05) is 0 Å². The largest absolute Gasteiger partial charge is 0.327 e. The number of ketones is 1. The van der Waals surface area contributed by atoms with Gasteiger partial charge in [-0.1, -0.05) is 18.5 Å². The van der Waals surface area contributed by atoms with Gasteiger partial charge in [-0.15, -0.1) is 11.3 Å². The summed E-state index contributed by atoms with van der Waals surface area (Å²) in [5.41, 5.74) is 5.63. The quantitative estimate of drug-likeness (QED) is 0.791. The summed E-state index contributed by atoms with van der Waals surface area (Å²) in [5.74, 6) is -0.0679. The number of halogens is 1. The maximum absolute atomic E-state index is 11.7. The number of thiophene rings is 1. The van der Waals surface area contributed by atoms with E-state index in [1.165, 1.54) is 11.3 Å². The highest BCUT2D eigenvalue weighted by atomic mass is 35.5. The van der Waals surface area contributed by atoms with E-state index in [9.17, 15) is 4.79 Å². The molecule has 2 nitrogen and oxygen atoms in total. The molecule has 13 heavy (non-hydrogen) atoms. The van der Waals surface area contributed by atoms with Crippen LogP contribution in [-0.2, 0) is 0 Å². The highest BCUT2D eigenvalue weighted by Crippen LogP contribution is 2.24. The van der Waals surface area contributed by atoms with E-state index in [4.69, 9.17) is 17.3 Å². The molecule has 0 saturated heterocycles. The molecule has 1 rings (SSSR count). The molecule has 1 heterocycles. The van der Waals surface area contributed by atoms with Crippen LogP contribution in [0, 0.1) is 5.92 Å². The van der Waals surface area contributed by atoms with Gasteiger partial charge in [0.1, 0.15) is 0 Å². The molecule has 0 spiro atoms.